The second kappa shape index (κ2) is 8.97. The molecule has 1 aromatic heterocycles. The Morgan fingerprint density at radius 2 is 2.00 bits per heavy atom. The number of thioether (sulfide) groups is 1. The quantitative estimate of drug-likeness (QED) is 0.591. The number of nitrogens with zero attached hydrogens (tertiary/aromatic N) is 3. The van der Waals surface area contributed by atoms with E-state index in [2.05, 4.69) is 27.9 Å². The number of hydrogen-bond donors (Lipinski definition) is 2. The van der Waals surface area contributed by atoms with Gasteiger partial charge in [0.1, 0.15) is 11.0 Å². The maximum Gasteiger partial charge on any atom is 0.240 e. The van der Waals surface area contributed by atoms with Gasteiger partial charge in [-0.2, -0.15) is 0 Å². The molecule has 7 nitrogen and oxygen atoms in total. The minimum absolute atomic E-state index is 0.160. The van der Waals surface area contributed by atoms with Gasteiger partial charge in [-0.3, -0.25) is 4.79 Å². The van der Waals surface area contributed by atoms with Crippen LogP contribution in [0.15, 0.2) is 53.7 Å². The van der Waals surface area contributed by atoms with E-state index in [9.17, 15) is 4.79 Å². The summed E-state index contributed by atoms with van der Waals surface area (Å²) in [7, 11) is 1.63. The zero-order valence-corrected chi connectivity index (χ0v) is 18.2. The van der Waals surface area contributed by atoms with Crippen molar-refractivity contribution in [3.63, 3.8) is 0 Å². The Bertz CT molecular complexity index is 1040. The lowest BCUT2D eigenvalue weighted by molar-refractivity contribution is -0.116. The summed E-state index contributed by atoms with van der Waals surface area (Å²) >= 11 is 7.63. The van der Waals surface area contributed by atoms with Gasteiger partial charge in [0.2, 0.25) is 11.1 Å². The first kappa shape index (κ1) is 20.6. The van der Waals surface area contributed by atoms with E-state index in [-0.39, 0.29) is 11.9 Å². The molecule has 0 aliphatic carbocycles. The fraction of sp³-hybridized carbons (Fsp3) is 0.286. The SMILES string of the molecule is CCCc1nnc2n1N[C@@H](c1ccc(OC)cc1)[C@@H](C(=O)Nc1ccccc1Cl)S2. The number of rotatable bonds is 6. The number of benzene rings is 2. The molecule has 156 valence electrons. The highest BCUT2D eigenvalue weighted by molar-refractivity contribution is 8.00. The number of aryl methyl sites for hydroxylation is 1. The van der Waals surface area contributed by atoms with E-state index >= 15 is 0 Å². The van der Waals surface area contributed by atoms with E-state index in [1.165, 1.54) is 11.8 Å². The average molecular weight is 444 g/mol. The topological polar surface area (TPSA) is 81.1 Å². The summed E-state index contributed by atoms with van der Waals surface area (Å²) in [6, 6.07) is 14.6. The van der Waals surface area contributed by atoms with Gasteiger partial charge in [-0.05, 0) is 36.2 Å². The van der Waals surface area contributed by atoms with Gasteiger partial charge in [0, 0.05) is 6.42 Å². The van der Waals surface area contributed by atoms with Crippen LogP contribution in [0.4, 0.5) is 5.69 Å². The molecule has 2 N–H and O–H groups in total. The van der Waals surface area contributed by atoms with Crippen molar-refractivity contribution in [1.29, 1.82) is 0 Å². The van der Waals surface area contributed by atoms with Crippen LogP contribution in [-0.2, 0) is 11.2 Å². The molecule has 30 heavy (non-hydrogen) atoms. The molecule has 4 rings (SSSR count). The number of carbonyl (C=O) groups excluding carboxylic acids is 1. The van der Waals surface area contributed by atoms with Crippen LogP contribution in [0, 0.1) is 0 Å². The number of anilines is 1. The second-order valence-electron chi connectivity index (χ2n) is 6.87. The summed E-state index contributed by atoms with van der Waals surface area (Å²) in [5, 5.41) is 12.2. The Morgan fingerprint density at radius 3 is 2.70 bits per heavy atom. The van der Waals surface area contributed by atoms with Gasteiger partial charge in [-0.1, -0.05) is 54.6 Å². The molecule has 1 aliphatic heterocycles. The number of methoxy groups -OCH3 is 1. The lowest BCUT2D eigenvalue weighted by Crippen LogP contribution is -2.41. The summed E-state index contributed by atoms with van der Waals surface area (Å²) in [6.45, 7) is 2.10. The van der Waals surface area contributed by atoms with E-state index in [1.807, 2.05) is 41.1 Å². The first-order valence-electron chi connectivity index (χ1n) is 9.67. The van der Waals surface area contributed by atoms with Gasteiger partial charge in [0.25, 0.3) is 0 Å². The van der Waals surface area contributed by atoms with Crippen LogP contribution in [0.25, 0.3) is 0 Å². The fourth-order valence-electron chi connectivity index (χ4n) is 3.31. The number of amides is 1. The number of para-hydroxylation sites is 1. The summed E-state index contributed by atoms with van der Waals surface area (Å²) in [6.07, 6.45) is 1.75. The van der Waals surface area contributed by atoms with Crippen LogP contribution < -0.4 is 15.5 Å². The Morgan fingerprint density at radius 1 is 1.23 bits per heavy atom. The third-order valence-corrected chi connectivity index (χ3v) is 6.39. The Kier molecular flexibility index (Phi) is 6.15. The number of aromatic nitrogens is 3. The van der Waals surface area contributed by atoms with E-state index in [0.29, 0.717) is 15.9 Å². The van der Waals surface area contributed by atoms with Crippen LogP contribution in [0.5, 0.6) is 5.75 Å². The molecule has 0 spiro atoms. The minimum Gasteiger partial charge on any atom is -0.497 e. The van der Waals surface area contributed by atoms with Crippen LogP contribution in [0.2, 0.25) is 5.02 Å². The maximum absolute atomic E-state index is 13.3. The van der Waals surface area contributed by atoms with Crippen molar-refractivity contribution in [3.05, 3.63) is 64.9 Å². The van der Waals surface area contributed by atoms with Crippen LogP contribution in [0.1, 0.15) is 30.8 Å². The summed E-state index contributed by atoms with van der Waals surface area (Å²) < 4.78 is 7.16. The van der Waals surface area contributed by atoms with Gasteiger partial charge >= 0.3 is 0 Å². The van der Waals surface area contributed by atoms with E-state index in [4.69, 9.17) is 16.3 Å². The molecular weight excluding hydrogens is 422 g/mol. The molecule has 2 aromatic carbocycles. The molecule has 0 bridgehead atoms. The molecule has 0 saturated carbocycles. The van der Waals surface area contributed by atoms with Crippen LogP contribution >= 0.6 is 23.4 Å². The first-order chi connectivity index (χ1) is 14.6. The Hall–Kier alpha value is -2.71. The molecule has 0 radical (unpaired) electrons. The fourth-order valence-corrected chi connectivity index (χ4v) is 4.59. The molecule has 2 atom stereocenters. The van der Waals surface area contributed by atoms with Crippen LogP contribution in [-0.4, -0.2) is 33.1 Å². The second-order valence-corrected chi connectivity index (χ2v) is 8.39. The van der Waals surface area contributed by atoms with Gasteiger partial charge in [-0.25, -0.2) is 4.68 Å². The number of nitrogens with one attached hydrogen (secondary N) is 2. The number of hydrogen-bond acceptors (Lipinski definition) is 6. The molecule has 0 unspecified atom stereocenters. The lowest BCUT2D eigenvalue weighted by Gasteiger charge is -2.33. The highest BCUT2D eigenvalue weighted by atomic mass is 35.5. The molecule has 1 amide bonds. The zero-order valence-electron chi connectivity index (χ0n) is 16.6. The predicted octanol–water partition coefficient (Wildman–Crippen LogP) is 4.29. The number of ether oxygens (including phenoxy) is 1. The number of fused-ring (bicyclic) bond motifs is 1. The van der Waals surface area contributed by atoms with Gasteiger partial charge < -0.3 is 15.5 Å². The number of halogens is 1. The zero-order chi connectivity index (χ0) is 21.1. The molecular formula is C21H22ClN5O2S. The Balaban J connectivity index is 1.67. The third-order valence-electron chi connectivity index (χ3n) is 4.84. The lowest BCUT2D eigenvalue weighted by atomic mass is 10.0. The van der Waals surface area contributed by atoms with E-state index in [1.54, 1.807) is 19.2 Å². The average Bonchev–Trinajstić information content (AvgIpc) is 3.16. The normalized spacial score (nSPS) is 17.7. The minimum atomic E-state index is -0.471. The molecule has 0 saturated heterocycles. The predicted molar refractivity (Wildman–Crippen MR) is 119 cm³/mol. The third kappa shape index (κ3) is 4.11. The van der Waals surface area contributed by atoms with E-state index in [0.717, 1.165) is 30.0 Å². The van der Waals surface area contributed by atoms with Crippen molar-refractivity contribution in [2.75, 3.05) is 17.9 Å². The van der Waals surface area contributed by atoms with Crippen molar-refractivity contribution >= 4 is 35.0 Å². The molecule has 0 fully saturated rings. The molecule has 3 aromatic rings. The van der Waals surface area contributed by atoms with Crippen LogP contribution in [0.3, 0.4) is 0 Å². The van der Waals surface area contributed by atoms with Crippen molar-refractivity contribution in [2.45, 2.75) is 36.2 Å². The molecule has 2 heterocycles. The highest BCUT2D eigenvalue weighted by Crippen LogP contribution is 2.38. The van der Waals surface area contributed by atoms with Gasteiger partial charge in [-0.15, -0.1) is 10.2 Å². The van der Waals surface area contributed by atoms with E-state index < -0.39 is 5.25 Å². The smallest absolute Gasteiger partial charge is 0.240 e. The summed E-state index contributed by atoms with van der Waals surface area (Å²) in [4.78, 5) is 13.3. The van der Waals surface area contributed by atoms with Crippen molar-refractivity contribution in [2.24, 2.45) is 0 Å². The largest absolute Gasteiger partial charge is 0.497 e. The van der Waals surface area contributed by atoms with Crippen molar-refractivity contribution in [3.8, 4) is 5.75 Å². The van der Waals surface area contributed by atoms with Gasteiger partial charge in [0.15, 0.2) is 5.82 Å². The number of carbonyl (C=O) groups is 1. The van der Waals surface area contributed by atoms with Crippen molar-refractivity contribution < 1.29 is 9.53 Å². The standard InChI is InChI=1S/C21H22ClN5O2S/c1-3-6-17-24-25-21-27(17)26-18(13-9-11-14(29-2)12-10-13)19(30-21)20(28)23-16-8-5-4-7-15(16)22/h4-5,7-12,18-19,26H,3,6H2,1-2H3,(H,23,28)/t18-,19-/m0/s1. The first-order valence-corrected chi connectivity index (χ1v) is 10.9. The highest BCUT2D eigenvalue weighted by Gasteiger charge is 2.38. The van der Waals surface area contributed by atoms with Crippen molar-refractivity contribution in [1.82, 2.24) is 14.9 Å². The molecule has 1 aliphatic rings. The monoisotopic (exact) mass is 443 g/mol. The molecule has 9 heteroatoms. The maximum atomic E-state index is 13.3. The summed E-state index contributed by atoms with van der Waals surface area (Å²) in [5.41, 5.74) is 4.99. The van der Waals surface area contributed by atoms with Gasteiger partial charge in [0.05, 0.1) is 23.9 Å². The Labute approximate surface area is 184 Å². The summed E-state index contributed by atoms with van der Waals surface area (Å²) in [5.74, 6) is 1.45.